The van der Waals surface area contributed by atoms with E-state index in [9.17, 15) is 30.6 Å². The molecule has 0 aromatic carbocycles. The normalized spacial score (nSPS) is 51.7. The second-order valence-electron chi connectivity index (χ2n) is 5.53. The van der Waals surface area contributed by atoms with Crippen molar-refractivity contribution in [3.8, 4) is 0 Å². The van der Waals surface area contributed by atoms with Crippen LogP contribution in [0.5, 0.6) is 0 Å². The second-order valence-corrected chi connectivity index (χ2v) is 5.53. The molecule has 0 bridgehead atoms. The molecule has 11 heteroatoms. The van der Waals surface area contributed by atoms with Crippen LogP contribution in [-0.4, -0.2) is 115 Å². The molecule has 2 heterocycles. The molecule has 0 spiro atoms. The Bertz CT molecular complexity index is 344. The van der Waals surface area contributed by atoms with Gasteiger partial charge in [0.1, 0.15) is 48.8 Å². The molecule has 2 aliphatic heterocycles. The largest absolute Gasteiger partial charge is 0.394 e. The van der Waals surface area contributed by atoms with Crippen LogP contribution in [0.3, 0.4) is 0 Å². The van der Waals surface area contributed by atoms with E-state index >= 15 is 0 Å². The van der Waals surface area contributed by atoms with Gasteiger partial charge in [0.25, 0.3) is 0 Å². The summed E-state index contributed by atoms with van der Waals surface area (Å²) in [6, 6.07) is 0. The first-order valence-electron chi connectivity index (χ1n) is 7.08. The minimum Gasteiger partial charge on any atom is -0.394 e. The van der Waals surface area contributed by atoms with Gasteiger partial charge in [0, 0.05) is 0 Å². The fraction of sp³-hybridized carbons (Fsp3) is 1.00. The van der Waals surface area contributed by atoms with Gasteiger partial charge in [0.05, 0.1) is 13.2 Å². The summed E-state index contributed by atoms with van der Waals surface area (Å²) < 4.78 is 15.3. The van der Waals surface area contributed by atoms with E-state index in [0.29, 0.717) is 0 Å². The first-order valence-corrected chi connectivity index (χ1v) is 7.08. The van der Waals surface area contributed by atoms with Crippen LogP contribution in [-0.2, 0) is 14.2 Å². The third-order valence-electron chi connectivity index (χ3n) is 3.97. The SMILES string of the molecule is OCC1O[C@H](O[C@H]2OC(CO)[C@@H](O)[C@@H](O)C2O)C(O)[C@H](O)[C@@H]1O. The number of rotatable bonds is 4. The molecule has 11 nitrogen and oxygen atoms in total. The lowest BCUT2D eigenvalue weighted by molar-refractivity contribution is -0.376. The van der Waals surface area contributed by atoms with Gasteiger partial charge in [-0.1, -0.05) is 0 Å². The van der Waals surface area contributed by atoms with Crippen LogP contribution in [0.1, 0.15) is 0 Å². The van der Waals surface area contributed by atoms with Gasteiger partial charge in [0.15, 0.2) is 12.6 Å². The van der Waals surface area contributed by atoms with E-state index in [1.165, 1.54) is 0 Å². The number of hydrogen-bond donors (Lipinski definition) is 8. The number of ether oxygens (including phenoxy) is 3. The van der Waals surface area contributed by atoms with Crippen LogP contribution >= 0.6 is 0 Å². The van der Waals surface area contributed by atoms with Crippen molar-refractivity contribution in [2.45, 2.75) is 61.4 Å². The van der Waals surface area contributed by atoms with Crippen molar-refractivity contribution >= 4 is 0 Å². The van der Waals surface area contributed by atoms with Gasteiger partial charge < -0.3 is 55.1 Å². The monoisotopic (exact) mass is 342 g/mol. The van der Waals surface area contributed by atoms with Gasteiger partial charge in [-0.15, -0.1) is 0 Å². The zero-order valence-corrected chi connectivity index (χ0v) is 12.0. The molecule has 2 fully saturated rings. The summed E-state index contributed by atoms with van der Waals surface area (Å²) >= 11 is 0. The van der Waals surface area contributed by atoms with Gasteiger partial charge >= 0.3 is 0 Å². The highest BCUT2D eigenvalue weighted by molar-refractivity contribution is 4.92. The van der Waals surface area contributed by atoms with Crippen LogP contribution in [0.25, 0.3) is 0 Å². The first-order chi connectivity index (χ1) is 10.8. The standard InChI is InChI=1S/C12H22O11/c13-1-3-5(15)7(17)9(19)11(21-3)23-12-10(20)8(18)6(16)4(2-14)22-12/h3-20H,1-2H2/t3?,4?,5-,6-,7-,8-,9?,10?,11-,12-/m1/s1. The van der Waals surface area contributed by atoms with Gasteiger partial charge in [-0.25, -0.2) is 0 Å². The Labute approximate surface area is 130 Å². The van der Waals surface area contributed by atoms with Crippen LogP contribution in [0, 0.1) is 0 Å². The summed E-state index contributed by atoms with van der Waals surface area (Å²) in [7, 11) is 0. The fourth-order valence-corrected chi connectivity index (χ4v) is 2.49. The summed E-state index contributed by atoms with van der Waals surface area (Å²) in [6.07, 6.45) is -15.6. The lowest BCUT2D eigenvalue weighted by Gasteiger charge is -2.44. The van der Waals surface area contributed by atoms with E-state index in [2.05, 4.69) is 0 Å². The minimum atomic E-state index is -1.72. The molecule has 2 rings (SSSR count). The maximum Gasteiger partial charge on any atom is 0.189 e. The molecule has 0 saturated carbocycles. The van der Waals surface area contributed by atoms with Crippen molar-refractivity contribution in [2.24, 2.45) is 0 Å². The van der Waals surface area contributed by atoms with Crippen molar-refractivity contribution in [1.29, 1.82) is 0 Å². The van der Waals surface area contributed by atoms with E-state index in [-0.39, 0.29) is 0 Å². The van der Waals surface area contributed by atoms with Crippen molar-refractivity contribution in [1.82, 2.24) is 0 Å². The molecule has 136 valence electrons. The predicted molar refractivity (Wildman–Crippen MR) is 68.6 cm³/mol. The van der Waals surface area contributed by atoms with Crippen LogP contribution in [0.4, 0.5) is 0 Å². The Morgan fingerprint density at radius 2 is 0.913 bits per heavy atom. The minimum absolute atomic E-state index is 0.667. The maximum atomic E-state index is 9.84. The van der Waals surface area contributed by atoms with Crippen LogP contribution in [0.15, 0.2) is 0 Å². The summed E-state index contributed by atoms with van der Waals surface area (Å²) in [5, 5.41) is 76.4. The smallest absolute Gasteiger partial charge is 0.189 e. The average molecular weight is 342 g/mol. The maximum absolute atomic E-state index is 9.84. The topological polar surface area (TPSA) is 190 Å². The van der Waals surface area contributed by atoms with E-state index < -0.39 is 74.6 Å². The molecule has 0 aliphatic carbocycles. The average Bonchev–Trinajstić information content (AvgIpc) is 2.55. The molecule has 0 aromatic heterocycles. The Balaban J connectivity index is 2.07. The number of aliphatic hydroxyl groups excluding tert-OH is 8. The van der Waals surface area contributed by atoms with Crippen molar-refractivity contribution in [3.05, 3.63) is 0 Å². The molecule has 0 radical (unpaired) electrons. The lowest BCUT2D eigenvalue weighted by atomic mass is 9.98. The first kappa shape index (κ1) is 18.9. The van der Waals surface area contributed by atoms with Gasteiger partial charge in [-0.2, -0.15) is 0 Å². The molecule has 10 atom stereocenters. The number of aliphatic hydroxyl groups is 8. The lowest BCUT2D eigenvalue weighted by Crippen LogP contribution is -2.63. The summed E-state index contributed by atoms with van der Waals surface area (Å²) in [5.41, 5.74) is 0. The predicted octanol–water partition coefficient (Wildman–Crippen LogP) is -5.40. The zero-order chi connectivity index (χ0) is 17.3. The quantitative estimate of drug-likeness (QED) is 0.243. The Morgan fingerprint density at radius 1 is 0.565 bits per heavy atom. The van der Waals surface area contributed by atoms with E-state index in [1.54, 1.807) is 0 Å². The molecule has 23 heavy (non-hydrogen) atoms. The fourth-order valence-electron chi connectivity index (χ4n) is 2.49. The Morgan fingerprint density at radius 3 is 1.22 bits per heavy atom. The molecular weight excluding hydrogens is 320 g/mol. The van der Waals surface area contributed by atoms with Crippen molar-refractivity contribution in [3.63, 3.8) is 0 Å². The van der Waals surface area contributed by atoms with Crippen LogP contribution in [0.2, 0.25) is 0 Å². The Kier molecular flexibility index (Phi) is 6.27. The molecule has 0 amide bonds. The zero-order valence-electron chi connectivity index (χ0n) is 12.0. The Hall–Kier alpha value is -0.440. The van der Waals surface area contributed by atoms with Crippen molar-refractivity contribution in [2.75, 3.05) is 13.2 Å². The summed E-state index contributed by atoms with van der Waals surface area (Å²) in [4.78, 5) is 0. The van der Waals surface area contributed by atoms with Gasteiger partial charge in [-0.05, 0) is 0 Å². The van der Waals surface area contributed by atoms with Gasteiger partial charge in [-0.3, -0.25) is 0 Å². The molecule has 4 unspecified atom stereocenters. The summed E-state index contributed by atoms with van der Waals surface area (Å²) in [5.74, 6) is 0. The molecule has 0 aromatic rings. The highest BCUT2D eigenvalue weighted by Crippen LogP contribution is 2.27. The van der Waals surface area contributed by atoms with Crippen LogP contribution < -0.4 is 0 Å². The van der Waals surface area contributed by atoms with E-state index in [1.807, 2.05) is 0 Å². The van der Waals surface area contributed by atoms with E-state index in [0.717, 1.165) is 0 Å². The molecule has 8 N–H and O–H groups in total. The van der Waals surface area contributed by atoms with Gasteiger partial charge in [0.2, 0.25) is 0 Å². The van der Waals surface area contributed by atoms with E-state index in [4.69, 9.17) is 24.4 Å². The molecule has 2 aliphatic rings. The summed E-state index contributed by atoms with van der Waals surface area (Å²) in [6.45, 7) is -1.33. The third-order valence-corrected chi connectivity index (χ3v) is 3.97. The number of hydrogen-bond acceptors (Lipinski definition) is 11. The van der Waals surface area contributed by atoms with Crippen molar-refractivity contribution < 1.29 is 55.1 Å². The highest BCUT2D eigenvalue weighted by Gasteiger charge is 2.49. The highest BCUT2D eigenvalue weighted by atomic mass is 16.8. The third kappa shape index (κ3) is 3.65. The molecule has 2 saturated heterocycles. The second kappa shape index (κ2) is 7.63. The molecular formula is C12H22O11.